The zero-order valence-electron chi connectivity index (χ0n) is 34.1. The molecule has 2 radical (unpaired) electrons. The number of halogens is 8. The van der Waals surface area contributed by atoms with Gasteiger partial charge >= 0.3 is 50.2 Å². The second-order valence-corrected chi connectivity index (χ2v) is 30.2. The molecule has 0 saturated carbocycles. The number of rotatable bonds is 6. The summed E-state index contributed by atoms with van der Waals surface area (Å²) in [5.74, 6) is 0.691. The Morgan fingerprint density at radius 1 is 0.544 bits per heavy atom. The minimum absolute atomic E-state index is 0.238. The van der Waals surface area contributed by atoms with E-state index in [-0.39, 0.29) is 11.1 Å². The van der Waals surface area contributed by atoms with Gasteiger partial charge in [0, 0.05) is 0 Å². The molecule has 0 spiro atoms. The maximum atomic E-state index is 13.3. The number of benzene rings is 4. The summed E-state index contributed by atoms with van der Waals surface area (Å²) >= 11 is -0.826. The van der Waals surface area contributed by atoms with Gasteiger partial charge in [0.05, 0.1) is 11.1 Å². The van der Waals surface area contributed by atoms with E-state index in [1.54, 1.807) is 36.4 Å². The molecule has 0 aromatic heterocycles. The van der Waals surface area contributed by atoms with Crippen LogP contribution >= 0.6 is 17.0 Å². The molecule has 0 unspecified atom stereocenters. The van der Waals surface area contributed by atoms with Crippen molar-refractivity contribution in [3.8, 4) is 22.3 Å². The average molecular weight is 936 g/mol. The Kier molecular flexibility index (Phi) is 17.4. The third kappa shape index (κ3) is 13.3. The zero-order chi connectivity index (χ0) is 43.1. The van der Waals surface area contributed by atoms with Gasteiger partial charge in [0.15, 0.2) is 7.98 Å². The number of fused-ring (bicyclic) bond motifs is 2. The van der Waals surface area contributed by atoms with Crippen LogP contribution in [0.3, 0.4) is 0 Å². The maximum absolute atomic E-state index is 13.3. The van der Waals surface area contributed by atoms with Crippen LogP contribution in [0.15, 0.2) is 109 Å². The van der Waals surface area contributed by atoms with E-state index in [9.17, 15) is 26.3 Å². The van der Waals surface area contributed by atoms with E-state index in [0.29, 0.717) is 23.0 Å². The topological polar surface area (TPSA) is 3.24 Å². The molecule has 0 atom stereocenters. The molecule has 0 saturated heterocycles. The third-order valence-corrected chi connectivity index (χ3v) is 16.3. The predicted octanol–water partition coefficient (Wildman–Crippen LogP) is 16.2. The van der Waals surface area contributed by atoms with Gasteiger partial charge in [-0.05, 0) is 35.1 Å². The molecule has 0 aliphatic carbocycles. The molecule has 1 nitrogen and oxygen atoms in total. The molecule has 6 aromatic carbocycles. The summed E-state index contributed by atoms with van der Waals surface area (Å²) in [5.41, 5.74) is 2.86. The van der Waals surface area contributed by atoms with Gasteiger partial charge in [-0.25, -0.2) is 0 Å². The summed E-state index contributed by atoms with van der Waals surface area (Å²) in [6.45, 7) is 22.0. The predicted molar refractivity (Wildman–Crippen MR) is 234 cm³/mol. The first kappa shape index (κ1) is 49.0. The molecule has 6 aromatic rings. The third-order valence-electron chi connectivity index (χ3n) is 9.37. The normalized spacial score (nSPS) is 12.2. The van der Waals surface area contributed by atoms with Crippen LogP contribution in [-0.2, 0) is 33.2 Å². The van der Waals surface area contributed by atoms with Crippen LogP contribution in [0.25, 0.3) is 43.8 Å². The van der Waals surface area contributed by atoms with Gasteiger partial charge in [-0.2, -0.15) is 38.5 Å². The molecule has 0 aliphatic rings. The van der Waals surface area contributed by atoms with Gasteiger partial charge in [0.2, 0.25) is 0 Å². The zero-order valence-corrected chi connectivity index (χ0v) is 40.1. The Bertz CT molecular complexity index is 2040. The van der Waals surface area contributed by atoms with Gasteiger partial charge in [-0.15, -0.1) is 69.1 Å². The van der Waals surface area contributed by atoms with Gasteiger partial charge < -0.3 is 4.14 Å². The first-order chi connectivity index (χ1) is 26.3. The van der Waals surface area contributed by atoms with Gasteiger partial charge in [0.1, 0.15) is 16.5 Å². The van der Waals surface area contributed by atoms with E-state index in [1.165, 1.54) is 12.1 Å². The van der Waals surface area contributed by atoms with Crippen molar-refractivity contribution in [2.75, 3.05) is 0 Å². The Morgan fingerprint density at radius 3 is 1.11 bits per heavy atom. The van der Waals surface area contributed by atoms with Crippen molar-refractivity contribution in [3.63, 3.8) is 0 Å². The fourth-order valence-corrected chi connectivity index (χ4v) is 14.6. The molecule has 0 amide bonds. The van der Waals surface area contributed by atoms with Crippen molar-refractivity contribution < 1.29 is 47.2 Å². The van der Waals surface area contributed by atoms with Crippen LogP contribution in [0, 0.1) is 0 Å². The molecule has 0 bridgehead atoms. The summed E-state index contributed by atoms with van der Waals surface area (Å²) in [6, 6.07) is 30.7. The van der Waals surface area contributed by atoms with Crippen LogP contribution in [-0.4, -0.2) is 28.6 Å². The summed E-state index contributed by atoms with van der Waals surface area (Å²) in [7, 11) is 13.4. The number of hydrogen-bond donors (Lipinski definition) is 0. The van der Waals surface area contributed by atoms with Gasteiger partial charge in [-0.3, -0.25) is 0 Å². The molecule has 0 heterocycles. The van der Waals surface area contributed by atoms with Gasteiger partial charge in [0.25, 0.3) is 0 Å². The van der Waals surface area contributed by atoms with Crippen molar-refractivity contribution in [1.29, 1.82) is 0 Å². The molecule has 0 aliphatic heterocycles. The number of nitrogens with zero attached hydrogens (tertiary/aromatic N) is 1. The molecule has 302 valence electrons. The molecule has 0 N–H and O–H groups in total. The molecule has 13 heteroatoms. The van der Waals surface area contributed by atoms with Gasteiger partial charge in [-0.1, -0.05) is 127 Å². The second-order valence-electron chi connectivity index (χ2n) is 16.4. The Morgan fingerprint density at radius 2 is 0.842 bits per heavy atom. The monoisotopic (exact) mass is 933 g/mol. The van der Waals surface area contributed by atoms with E-state index in [0.717, 1.165) is 44.8 Å². The van der Waals surface area contributed by atoms with Crippen LogP contribution < -0.4 is 0 Å². The Balaban J connectivity index is 0.000000236. The quantitative estimate of drug-likeness (QED) is 0.0914. The van der Waals surface area contributed by atoms with Crippen molar-refractivity contribution in [3.05, 3.63) is 131 Å². The molecular formula is C44H50BCl2F6NSi2Zr. The van der Waals surface area contributed by atoms with E-state index in [2.05, 4.69) is 83.3 Å². The van der Waals surface area contributed by atoms with Crippen molar-refractivity contribution in [1.82, 2.24) is 4.14 Å². The standard InChI is InChI=1S/2C19H16F3.C6H18BNSi2.2ClH.Zr/c2*1-12(2)14-10-13-6-5-8-15(17(13)11-14)16-7-3-4-9-18(16)19(20,21)22;1-9(2,3)8(7)10(4,5)6;;;/h2*3-12H,1-2H3;1-6H3;2*1H;/q2*-1;;;;+4/p-2. The first-order valence-electron chi connectivity index (χ1n) is 18.6. The minimum atomic E-state index is -4.35. The van der Waals surface area contributed by atoms with E-state index < -0.39 is 60.8 Å². The van der Waals surface area contributed by atoms with Crippen molar-refractivity contribution in [2.24, 2.45) is 0 Å². The Hall–Kier alpha value is -2.40. The number of alkyl halides is 6. The average Bonchev–Trinajstić information content (AvgIpc) is 3.76. The van der Waals surface area contributed by atoms with Crippen molar-refractivity contribution >= 4 is 63.0 Å². The van der Waals surface area contributed by atoms with E-state index in [1.807, 2.05) is 36.4 Å². The summed E-state index contributed by atoms with van der Waals surface area (Å²) in [5, 5.41) is 3.72. The number of hydrogen-bond acceptors (Lipinski definition) is 1. The van der Waals surface area contributed by atoms with E-state index >= 15 is 0 Å². The SMILES string of the molecule is CC(C)c1cc2c(-c3ccccc3C(F)(F)F)cccc2[cH-]1.CC(C)c1cc2c(-c3ccccc3C(F)(F)F)cccc2[cH-]1.[B]N([Si](C)(C)C)[Si](C)(C)C.[Cl][Zr+2][Cl]. The first-order valence-corrected chi connectivity index (χ1v) is 31.8. The van der Waals surface area contributed by atoms with Crippen LogP contribution in [0.2, 0.25) is 39.3 Å². The fraction of sp³-hybridized carbons (Fsp3) is 0.318. The molecular weight excluding hydrogens is 886 g/mol. The summed E-state index contributed by atoms with van der Waals surface area (Å²) < 4.78 is 81.8. The van der Waals surface area contributed by atoms with E-state index in [4.69, 9.17) is 25.0 Å². The molecule has 0 fully saturated rings. The van der Waals surface area contributed by atoms with Crippen LogP contribution in [0.1, 0.15) is 61.8 Å². The fourth-order valence-electron chi connectivity index (χ4n) is 6.59. The van der Waals surface area contributed by atoms with Crippen LogP contribution in [0.5, 0.6) is 0 Å². The Labute approximate surface area is 356 Å². The summed E-state index contributed by atoms with van der Waals surface area (Å²) in [6.07, 6.45) is -8.71. The molecule has 6 rings (SSSR count). The molecule has 57 heavy (non-hydrogen) atoms. The second kappa shape index (κ2) is 20.2. The van der Waals surface area contributed by atoms with Crippen LogP contribution in [0.4, 0.5) is 26.3 Å². The summed E-state index contributed by atoms with van der Waals surface area (Å²) in [4.78, 5) is 0. The van der Waals surface area contributed by atoms with Crippen molar-refractivity contribution in [2.45, 2.75) is 91.2 Å².